The van der Waals surface area contributed by atoms with Crippen LogP contribution in [0.4, 0.5) is 0 Å². The van der Waals surface area contributed by atoms with Crippen molar-refractivity contribution in [2.24, 2.45) is 11.7 Å². The van der Waals surface area contributed by atoms with Crippen LogP contribution < -0.4 is 11.1 Å². The highest BCUT2D eigenvalue weighted by Crippen LogP contribution is 2.30. The minimum atomic E-state index is 0.0291. The molecule has 1 aliphatic carbocycles. The molecule has 1 aromatic heterocycles. The number of nitrogens with two attached hydrogens (primary N) is 1. The summed E-state index contributed by atoms with van der Waals surface area (Å²) in [6.07, 6.45) is 6.12. The summed E-state index contributed by atoms with van der Waals surface area (Å²) in [5.74, 6) is 0.790. The molecule has 2 rings (SSSR count). The van der Waals surface area contributed by atoms with E-state index in [4.69, 9.17) is 5.73 Å². The van der Waals surface area contributed by atoms with Crippen molar-refractivity contribution in [3.8, 4) is 0 Å². The number of aryl methyl sites for hydroxylation is 1. The molecule has 2 nitrogen and oxygen atoms in total. The summed E-state index contributed by atoms with van der Waals surface area (Å²) in [6, 6.07) is 2.24. The van der Waals surface area contributed by atoms with E-state index in [-0.39, 0.29) is 5.54 Å². The molecule has 1 fully saturated rings. The van der Waals surface area contributed by atoms with Gasteiger partial charge in [-0.2, -0.15) is 0 Å². The van der Waals surface area contributed by atoms with Crippen LogP contribution in [0, 0.1) is 5.92 Å². The molecule has 1 aromatic rings. The molecule has 0 bridgehead atoms. The van der Waals surface area contributed by atoms with Gasteiger partial charge in [0.25, 0.3) is 0 Å². The van der Waals surface area contributed by atoms with Crippen LogP contribution in [0.1, 0.15) is 50.0 Å². The van der Waals surface area contributed by atoms with Crippen LogP contribution in [0.2, 0.25) is 0 Å². The summed E-state index contributed by atoms with van der Waals surface area (Å²) in [4.78, 5) is 1.48. The van der Waals surface area contributed by atoms with E-state index >= 15 is 0 Å². The largest absolute Gasteiger partial charge is 0.324 e. The average molecular weight is 266 g/mol. The normalized spacial score (nSPS) is 28.5. The second-order valence-electron chi connectivity index (χ2n) is 5.89. The van der Waals surface area contributed by atoms with Crippen LogP contribution in [0.5, 0.6) is 0 Å². The van der Waals surface area contributed by atoms with Gasteiger partial charge in [-0.05, 0) is 42.2 Å². The number of hydrogen-bond acceptors (Lipinski definition) is 3. The lowest BCUT2D eigenvalue weighted by molar-refractivity contribution is 0.229. The molecular weight excluding hydrogens is 240 g/mol. The van der Waals surface area contributed by atoms with E-state index in [0.29, 0.717) is 0 Å². The zero-order chi connectivity index (χ0) is 13.0. The number of rotatable bonds is 5. The first-order valence-electron chi connectivity index (χ1n) is 7.18. The van der Waals surface area contributed by atoms with Crippen LogP contribution in [0.3, 0.4) is 0 Å². The first-order chi connectivity index (χ1) is 8.63. The van der Waals surface area contributed by atoms with E-state index in [9.17, 15) is 0 Å². The Bertz CT molecular complexity index is 374. The van der Waals surface area contributed by atoms with Gasteiger partial charge in [0.05, 0.1) is 0 Å². The molecule has 0 aliphatic heterocycles. The summed E-state index contributed by atoms with van der Waals surface area (Å²) in [5, 5.41) is 5.77. The number of nitrogens with one attached hydrogen (secondary N) is 1. The van der Waals surface area contributed by atoms with Crippen LogP contribution in [0.25, 0.3) is 0 Å². The SMILES string of the molecule is CCc1ccsc1CNCC1(N)CCCC(C)C1. The van der Waals surface area contributed by atoms with E-state index in [1.165, 1.54) is 36.1 Å². The molecule has 1 heterocycles. The Morgan fingerprint density at radius 2 is 2.39 bits per heavy atom. The first kappa shape index (κ1) is 14.0. The van der Waals surface area contributed by atoms with Gasteiger partial charge in [0.2, 0.25) is 0 Å². The van der Waals surface area contributed by atoms with Crippen molar-refractivity contribution in [3.63, 3.8) is 0 Å². The highest BCUT2D eigenvalue weighted by molar-refractivity contribution is 7.10. The van der Waals surface area contributed by atoms with E-state index in [2.05, 4.69) is 30.6 Å². The Morgan fingerprint density at radius 1 is 1.56 bits per heavy atom. The molecule has 1 saturated carbocycles. The molecule has 0 spiro atoms. The Kier molecular flexibility index (Phi) is 4.82. The van der Waals surface area contributed by atoms with Gasteiger partial charge < -0.3 is 11.1 Å². The fraction of sp³-hybridized carbons (Fsp3) is 0.733. The summed E-state index contributed by atoms with van der Waals surface area (Å²) in [5.41, 5.74) is 8.01. The average Bonchev–Trinajstić information content (AvgIpc) is 2.76. The minimum Gasteiger partial charge on any atom is -0.324 e. The van der Waals surface area contributed by atoms with E-state index in [0.717, 1.165) is 25.4 Å². The summed E-state index contributed by atoms with van der Waals surface area (Å²) < 4.78 is 0. The zero-order valence-corrected chi connectivity index (χ0v) is 12.5. The van der Waals surface area contributed by atoms with Crippen LogP contribution in [-0.4, -0.2) is 12.1 Å². The van der Waals surface area contributed by atoms with Crippen molar-refractivity contribution >= 4 is 11.3 Å². The predicted molar refractivity (Wildman–Crippen MR) is 80.0 cm³/mol. The van der Waals surface area contributed by atoms with Gasteiger partial charge in [-0.25, -0.2) is 0 Å². The topological polar surface area (TPSA) is 38.0 Å². The Labute approximate surface area is 115 Å². The van der Waals surface area contributed by atoms with Gasteiger partial charge in [0.15, 0.2) is 0 Å². The fourth-order valence-electron chi connectivity index (χ4n) is 3.12. The zero-order valence-electron chi connectivity index (χ0n) is 11.7. The van der Waals surface area contributed by atoms with Gasteiger partial charge in [-0.3, -0.25) is 0 Å². The Balaban J connectivity index is 1.81. The molecule has 0 aromatic carbocycles. The van der Waals surface area contributed by atoms with E-state index in [1.807, 2.05) is 11.3 Å². The molecule has 2 atom stereocenters. The Hall–Kier alpha value is -0.380. The molecule has 3 heteroatoms. The third kappa shape index (κ3) is 3.56. The monoisotopic (exact) mass is 266 g/mol. The quantitative estimate of drug-likeness (QED) is 0.858. The molecule has 1 aliphatic rings. The second kappa shape index (κ2) is 6.18. The fourth-order valence-corrected chi connectivity index (χ4v) is 4.07. The van der Waals surface area contributed by atoms with Gasteiger partial charge in [-0.15, -0.1) is 11.3 Å². The lowest BCUT2D eigenvalue weighted by Crippen LogP contribution is -2.51. The smallest absolute Gasteiger partial charge is 0.0303 e. The van der Waals surface area contributed by atoms with Crippen molar-refractivity contribution < 1.29 is 0 Å². The van der Waals surface area contributed by atoms with E-state index in [1.54, 1.807) is 0 Å². The van der Waals surface area contributed by atoms with Crippen molar-refractivity contribution in [1.82, 2.24) is 5.32 Å². The first-order valence-corrected chi connectivity index (χ1v) is 8.06. The molecule has 0 radical (unpaired) electrons. The third-order valence-electron chi connectivity index (χ3n) is 4.11. The molecule has 0 amide bonds. The van der Waals surface area contributed by atoms with Crippen molar-refractivity contribution in [3.05, 3.63) is 21.9 Å². The summed E-state index contributed by atoms with van der Waals surface area (Å²) in [7, 11) is 0. The maximum absolute atomic E-state index is 6.50. The molecule has 2 unspecified atom stereocenters. The highest BCUT2D eigenvalue weighted by Gasteiger charge is 2.30. The van der Waals surface area contributed by atoms with Gasteiger partial charge in [0.1, 0.15) is 0 Å². The van der Waals surface area contributed by atoms with Crippen LogP contribution in [0.15, 0.2) is 11.4 Å². The molecule has 102 valence electrons. The number of thiophene rings is 1. The lowest BCUT2D eigenvalue weighted by Gasteiger charge is -2.37. The summed E-state index contributed by atoms with van der Waals surface area (Å²) in [6.45, 7) is 6.49. The van der Waals surface area contributed by atoms with Gasteiger partial charge >= 0.3 is 0 Å². The van der Waals surface area contributed by atoms with Crippen molar-refractivity contribution in [2.75, 3.05) is 6.54 Å². The highest BCUT2D eigenvalue weighted by atomic mass is 32.1. The lowest BCUT2D eigenvalue weighted by atomic mass is 9.77. The van der Waals surface area contributed by atoms with Crippen molar-refractivity contribution in [2.45, 2.75) is 58.0 Å². The molecule has 0 saturated heterocycles. The van der Waals surface area contributed by atoms with Crippen molar-refractivity contribution in [1.29, 1.82) is 0 Å². The summed E-state index contributed by atoms with van der Waals surface area (Å²) >= 11 is 1.86. The maximum atomic E-state index is 6.50. The standard InChI is InChI=1S/C15H26N2S/c1-3-13-6-8-18-14(13)10-17-11-15(16)7-4-5-12(2)9-15/h6,8,12,17H,3-5,7,9-11,16H2,1-2H3. The van der Waals surface area contributed by atoms with Crippen LogP contribution in [-0.2, 0) is 13.0 Å². The predicted octanol–water partition coefficient (Wildman–Crippen LogP) is 3.31. The minimum absolute atomic E-state index is 0.0291. The Morgan fingerprint density at radius 3 is 3.11 bits per heavy atom. The maximum Gasteiger partial charge on any atom is 0.0303 e. The second-order valence-corrected chi connectivity index (χ2v) is 6.89. The van der Waals surface area contributed by atoms with E-state index < -0.39 is 0 Å². The molecule has 3 N–H and O–H groups in total. The van der Waals surface area contributed by atoms with Gasteiger partial charge in [-0.1, -0.05) is 26.7 Å². The molecule has 18 heavy (non-hydrogen) atoms. The molecular formula is C15H26N2S. The van der Waals surface area contributed by atoms with Crippen LogP contribution >= 0.6 is 11.3 Å². The third-order valence-corrected chi connectivity index (χ3v) is 5.07. The number of hydrogen-bond donors (Lipinski definition) is 2. The van der Waals surface area contributed by atoms with Gasteiger partial charge in [0, 0.05) is 23.5 Å².